The summed E-state index contributed by atoms with van der Waals surface area (Å²) in [6.07, 6.45) is 1.61. The molecule has 0 bridgehead atoms. The molecule has 1 amide bonds. The number of H-pyrrole nitrogens is 1. The molecule has 1 N–H and O–H groups in total. The predicted molar refractivity (Wildman–Crippen MR) is 93.1 cm³/mol. The van der Waals surface area contributed by atoms with Gasteiger partial charge in [0.15, 0.2) is 0 Å². The van der Waals surface area contributed by atoms with E-state index in [9.17, 15) is 4.79 Å². The summed E-state index contributed by atoms with van der Waals surface area (Å²) in [6, 6.07) is 11.4. The Morgan fingerprint density at radius 2 is 1.88 bits per heavy atom. The van der Waals surface area contributed by atoms with Crippen LogP contribution in [-0.2, 0) is 0 Å². The zero-order valence-corrected chi connectivity index (χ0v) is 14.1. The number of piperazine rings is 1. The van der Waals surface area contributed by atoms with Crippen LogP contribution in [0.3, 0.4) is 0 Å². The Bertz CT molecular complexity index is 868. The fourth-order valence-electron chi connectivity index (χ4n) is 2.89. The molecule has 0 aliphatic carbocycles. The summed E-state index contributed by atoms with van der Waals surface area (Å²) < 4.78 is 1.71. The molecule has 1 aromatic carbocycles. The Kier molecular flexibility index (Phi) is 4.10. The molecule has 2 aromatic heterocycles. The molecule has 128 valence electrons. The molecule has 1 saturated heterocycles. The minimum absolute atomic E-state index is 0.0470. The number of hydrogen-bond acceptors (Lipinski definition) is 5. The smallest absolute Gasteiger partial charge is 0.270 e. The highest BCUT2D eigenvalue weighted by atomic mass is 35.5. The first-order valence-corrected chi connectivity index (χ1v) is 8.32. The molecular formula is C16H16ClN7O. The highest BCUT2D eigenvalue weighted by Gasteiger charge is 2.26. The molecule has 0 radical (unpaired) electrons. The van der Waals surface area contributed by atoms with Gasteiger partial charge in [0.25, 0.3) is 5.91 Å². The van der Waals surface area contributed by atoms with E-state index in [1.807, 2.05) is 30.3 Å². The van der Waals surface area contributed by atoms with Crippen LogP contribution in [0, 0.1) is 0 Å². The van der Waals surface area contributed by atoms with Crippen LogP contribution in [0.2, 0.25) is 5.02 Å². The molecule has 1 aliphatic rings. The van der Waals surface area contributed by atoms with Crippen LogP contribution in [0.15, 0.2) is 42.6 Å². The van der Waals surface area contributed by atoms with Crippen molar-refractivity contribution < 1.29 is 4.79 Å². The average Bonchev–Trinajstić information content (AvgIpc) is 3.31. The number of nitrogens with zero attached hydrogens (tertiary/aromatic N) is 6. The van der Waals surface area contributed by atoms with Gasteiger partial charge in [-0.15, -0.1) is 0 Å². The van der Waals surface area contributed by atoms with E-state index in [0.717, 1.165) is 5.69 Å². The maximum atomic E-state index is 12.5. The number of carbonyl (C=O) groups excluding carboxylic acids is 1. The third-order valence-electron chi connectivity index (χ3n) is 4.18. The summed E-state index contributed by atoms with van der Waals surface area (Å²) in [5.74, 6) is 0.635. The van der Waals surface area contributed by atoms with Crippen molar-refractivity contribution in [2.75, 3.05) is 31.1 Å². The Labute approximate surface area is 149 Å². The quantitative estimate of drug-likeness (QED) is 0.770. The number of halogens is 1. The molecule has 0 spiro atoms. The average molecular weight is 358 g/mol. The van der Waals surface area contributed by atoms with E-state index in [2.05, 4.69) is 25.4 Å². The van der Waals surface area contributed by atoms with E-state index in [1.54, 1.807) is 21.8 Å². The number of aromatic amines is 1. The summed E-state index contributed by atoms with van der Waals surface area (Å²) >= 11 is 5.87. The number of carbonyl (C=O) groups is 1. The van der Waals surface area contributed by atoms with Gasteiger partial charge in [-0.25, -0.2) is 0 Å². The van der Waals surface area contributed by atoms with Crippen molar-refractivity contribution in [3.8, 4) is 5.69 Å². The van der Waals surface area contributed by atoms with Crippen molar-refractivity contribution in [3.05, 3.63) is 53.3 Å². The molecule has 1 fully saturated rings. The Hall–Kier alpha value is -2.87. The molecule has 4 rings (SSSR count). The Morgan fingerprint density at radius 1 is 1.12 bits per heavy atom. The zero-order chi connectivity index (χ0) is 17.2. The lowest BCUT2D eigenvalue weighted by atomic mass is 10.3. The number of amides is 1. The number of rotatable bonds is 3. The number of nitrogens with one attached hydrogen (secondary N) is 1. The predicted octanol–water partition coefficient (Wildman–Crippen LogP) is 1.61. The van der Waals surface area contributed by atoms with Crippen LogP contribution >= 0.6 is 11.6 Å². The fourth-order valence-corrected chi connectivity index (χ4v) is 3.05. The van der Waals surface area contributed by atoms with E-state index >= 15 is 0 Å². The van der Waals surface area contributed by atoms with E-state index in [0.29, 0.717) is 42.8 Å². The van der Waals surface area contributed by atoms with Crippen molar-refractivity contribution in [1.29, 1.82) is 0 Å². The summed E-state index contributed by atoms with van der Waals surface area (Å²) in [5, 5.41) is 12.6. The molecular weight excluding hydrogens is 342 g/mol. The number of aromatic nitrogens is 5. The summed E-state index contributed by atoms with van der Waals surface area (Å²) in [5.41, 5.74) is 1.41. The molecule has 0 unspecified atom stereocenters. The van der Waals surface area contributed by atoms with Crippen molar-refractivity contribution in [3.63, 3.8) is 0 Å². The minimum Gasteiger partial charge on any atom is -0.356 e. The lowest BCUT2D eigenvalue weighted by molar-refractivity contribution is 0.0741. The highest BCUT2D eigenvalue weighted by Crippen LogP contribution is 2.18. The van der Waals surface area contributed by atoms with E-state index < -0.39 is 0 Å². The highest BCUT2D eigenvalue weighted by molar-refractivity contribution is 6.30. The van der Waals surface area contributed by atoms with Crippen LogP contribution in [0.1, 0.15) is 10.5 Å². The van der Waals surface area contributed by atoms with Gasteiger partial charge in [-0.05, 0) is 28.6 Å². The van der Waals surface area contributed by atoms with Gasteiger partial charge in [0.1, 0.15) is 5.69 Å². The third-order valence-corrected chi connectivity index (χ3v) is 4.40. The van der Waals surface area contributed by atoms with Gasteiger partial charge in [0.05, 0.1) is 10.7 Å². The van der Waals surface area contributed by atoms with Gasteiger partial charge in [-0.2, -0.15) is 4.68 Å². The fraction of sp³-hybridized carbons (Fsp3) is 0.250. The van der Waals surface area contributed by atoms with E-state index in [4.69, 9.17) is 11.6 Å². The van der Waals surface area contributed by atoms with Crippen molar-refractivity contribution in [2.45, 2.75) is 0 Å². The van der Waals surface area contributed by atoms with Crippen LogP contribution in [0.5, 0.6) is 0 Å². The largest absolute Gasteiger partial charge is 0.356 e. The number of benzene rings is 1. The molecule has 25 heavy (non-hydrogen) atoms. The first-order chi connectivity index (χ1) is 12.2. The second-order valence-corrected chi connectivity index (χ2v) is 6.17. The minimum atomic E-state index is -0.0470. The van der Waals surface area contributed by atoms with Gasteiger partial charge < -0.3 is 14.8 Å². The first-order valence-electron chi connectivity index (χ1n) is 7.94. The normalized spacial score (nSPS) is 14.8. The van der Waals surface area contributed by atoms with Gasteiger partial charge in [-0.1, -0.05) is 34.9 Å². The van der Waals surface area contributed by atoms with Crippen LogP contribution in [-0.4, -0.2) is 62.2 Å². The maximum Gasteiger partial charge on any atom is 0.270 e. The van der Waals surface area contributed by atoms with Gasteiger partial charge >= 0.3 is 0 Å². The third kappa shape index (κ3) is 3.08. The second-order valence-electron chi connectivity index (χ2n) is 5.74. The van der Waals surface area contributed by atoms with E-state index in [1.165, 1.54) is 0 Å². The molecule has 0 atom stereocenters. The number of hydrogen-bond donors (Lipinski definition) is 1. The number of tetrazole rings is 1. The lowest BCUT2D eigenvalue weighted by Crippen LogP contribution is -2.49. The summed E-state index contributed by atoms with van der Waals surface area (Å²) in [4.78, 5) is 19.2. The van der Waals surface area contributed by atoms with Crippen molar-refractivity contribution in [2.24, 2.45) is 0 Å². The SMILES string of the molecule is O=C(c1cc(Cl)c[nH]1)N1CCN(c2nnnn2-c2ccccc2)CC1. The summed E-state index contributed by atoms with van der Waals surface area (Å²) in [6.45, 7) is 2.51. The second kappa shape index (κ2) is 6.56. The molecule has 9 heteroatoms. The van der Waals surface area contributed by atoms with Crippen molar-refractivity contribution >= 4 is 23.5 Å². The van der Waals surface area contributed by atoms with Crippen LogP contribution in [0.4, 0.5) is 5.95 Å². The maximum absolute atomic E-state index is 12.5. The Balaban J connectivity index is 1.46. The van der Waals surface area contributed by atoms with Crippen LogP contribution in [0.25, 0.3) is 5.69 Å². The number of para-hydroxylation sites is 1. The molecule has 3 aromatic rings. The lowest BCUT2D eigenvalue weighted by Gasteiger charge is -2.34. The van der Waals surface area contributed by atoms with Crippen molar-refractivity contribution in [1.82, 2.24) is 30.1 Å². The molecule has 8 nitrogen and oxygen atoms in total. The van der Waals surface area contributed by atoms with Gasteiger partial charge in [0.2, 0.25) is 5.95 Å². The monoisotopic (exact) mass is 357 g/mol. The topological polar surface area (TPSA) is 82.9 Å². The van der Waals surface area contributed by atoms with E-state index in [-0.39, 0.29) is 5.91 Å². The zero-order valence-electron chi connectivity index (χ0n) is 13.3. The first kappa shape index (κ1) is 15.6. The standard InChI is InChI=1S/C16H16ClN7O/c17-12-10-14(18-11-12)15(25)22-6-8-23(9-7-22)16-19-20-21-24(16)13-4-2-1-3-5-13/h1-5,10-11,18H,6-9H2. The van der Waals surface area contributed by atoms with Gasteiger partial charge in [-0.3, -0.25) is 4.79 Å². The molecule has 3 heterocycles. The molecule has 0 saturated carbocycles. The van der Waals surface area contributed by atoms with Crippen LogP contribution < -0.4 is 4.90 Å². The number of anilines is 1. The molecule has 1 aliphatic heterocycles. The van der Waals surface area contributed by atoms with Gasteiger partial charge in [0, 0.05) is 32.4 Å². The Morgan fingerprint density at radius 3 is 2.56 bits per heavy atom. The summed E-state index contributed by atoms with van der Waals surface area (Å²) in [7, 11) is 0.